The highest BCUT2D eigenvalue weighted by molar-refractivity contribution is 6.30. The molecule has 1 N–H and O–H groups in total. The van der Waals surface area contributed by atoms with Gasteiger partial charge in [-0.2, -0.15) is 0 Å². The number of rotatable bonds is 6. The van der Waals surface area contributed by atoms with E-state index in [9.17, 15) is 19.1 Å². The van der Waals surface area contributed by atoms with Gasteiger partial charge in [-0.3, -0.25) is 9.59 Å². The molecule has 2 fully saturated rings. The standard InChI is InChI=1S/C25H27ClFNO3/c26-20-7-3-18(24(27)15-20)13-23(30)14-19-2-1-11-28(25(19)31)21-8-4-16(5-9-21)17-6-10-22(29)12-17/h3-5,7-9,15,17,19,22,29H,1-2,6,10-14H2/t17?,19-,22?/m0/s1. The number of benzene rings is 2. The zero-order valence-electron chi connectivity index (χ0n) is 17.4. The molecule has 1 aliphatic carbocycles. The second-order valence-electron chi connectivity index (χ2n) is 8.74. The van der Waals surface area contributed by atoms with Crippen molar-refractivity contribution in [3.63, 3.8) is 0 Å². The Kier molecular flexibility index (Phi) is 6.73. The van der Waals surface area contributed by atoms with E-state index in [0.29, 0.717) is 29.5 Å². The first kappa shape index (κ1) is 22.0. The van der Waals surface area contributed by atoms with Gasteiger partial charge in [0.05, 0.1) is 6.10 Å². The van der Waals surface area contributed by atoms with Crippen LogP contribution in [0.25, 0.3) is 0 Å². The molecule has 31 heavy (non-hydrogen) atoms. The number of ketones is 1. The lowest BCUT2D eigenvalue weighted by atomic mass is 9.89. The maximum atomic E-state index is 14.0. The quantitative estimate of drug-likeness (QED) is 0.679. The van der Waals surface area contributed by atoms with Gasteiger partial charge in [-0.25, -0.2) is 4.39 Å². The van der Waals surface area contributed by atoms with Crippen LogP contribution in [0.1, 0.15) is 55.6 Å². The summed E-state index contributed by atoms with van der Waals surface area (Å²) in [5, 5.41) is 10.1. The summed E-state index contributed by atoms with van der Waals surface area (Å²) < 4.78 is 14.0. The Hall–Kier alpha value is -2.24. The maximum absolute atomic E-state index is 14.0. The maximum Gasteiger partial charge on any atom is 0.230 e. The van der Waals surface area contributed by atoms with Gasteiger partial charge in [0.15, 0.2) is 0 Å². The van der Waals surface area contributed by atoms with Gasteiger partial charge >= 0.3 is 0 Å². The molecule has 1 saturated heterocycles. The normalized spacial score (nSPS) is 23.9. The summed E-state index contributed by atoms with van der Waals surface area (Å²) >= 11 is 5.77. The van der Waals surface area contributed by atoms with E-state index in [0.717, 1.165) is 31.4 Å². The van der Waals surface area contributed by atoms with Crippen molar-refractivity contribution in [2.75, 3.05) is 11.4 Å². The van der Waals surface area contributed by atoms with Gasteiger partial charge in [0.1, 0.15) is 11.6 Å². The molecule has 1 aliphatic heterocycles. The topological polar surface area (TPSA) is 57.6 Å². The summed E-state index contributed by atoms with van der Waals surface area (Å²) in [4.78, 5) is 27.4. The fraction of sp³-hybridized carbons (Fsp3) is 0.440. The summed E-state index contributed by atoms with van der Waals surface area (Å²) in [6, 6.07) is 12.3. The summed E-state index contributed by atoms with van der Waals surface area (Å²) in [5.41, 5.74) is 2.34. The van der Waals surface area contributed by atoms with Crippen molar-refractivity contribution in [1.29, 1.82) is 0 Å². The number of carbonyl (C=O) groups excluding carboxylic acids is 2. The Bertz CT molecular complexity index is 962. The van der Waals surface area contributed by atoms with E-state index >= 15 is 0 Å². The molecule has 3 atom stereocenters. The summed E-state index contributed by atoms with van der Waals surface area (Å²) in [6.45, 7) is 0.636. The van der Waals surface area contributed by atoms with Crippen molar-refractivity contribution in [3.8, 4) is 0 Å². The first-order chi connectivity index (χ1) is 14.9. The van der Waals surface area contributed by atoms with Crippen LogP contribution in [-0.4, -0.2) is 29.4 Å². The first-order valence-corrected chi connectivity index (χ1v) is 11.3. The molecule has 1 saturated carbocycles. The second kappa shape index (κ2) is 9.49. The lowest BCUT2D eigenvalue weighted by molar-refractivity contribution is -0.128. The number of anilines is 1. The summed E-state index contributed by atoms with van der Waals surface area (Å²) in [5.74, 6) is -0.676. The summed E-state index contributed by atoms with van der Waals surface area (Å²) in [7, 11) is 0. The van der Waals surface area contributed by atoms with Crippen LogP contribution in [0, 0.1) is 11.7 Å². The molecule has 1 heterocycles. The van der Waals surface area contributed by atoms with E-state index < -0.39 is 5.82 Å². The lowest BCUT2D eigenvalue weighted by Crippen LogP contribution is -2.42. The third kappa shape index (κ3) is 5.16. The van der Waals surface area contributed by atoms with Crippen molar-refractivity contribution in [2.45, 2.75) is 57.0 Å². The molecule has 2 aliphatic rings. The third-order valence-corrected chi connectivity index (χ3v) is 6.74. The van der Waals surface area contributed by atoms with Gasteiger partial charge in [0, 0.05) is 36.0 Å². The van der Waals surface area contributed by atoms with Crippen LogP contribution in [0.3, 0.4) is 0 Å². The van der Waals surface area contributed by atoms with E-state index in [4.69, 9.17) is 11.6 Å². The number of piperidine rings is 1. The average molecular weight is 444 g/mol. The van der Waals surface area contributed by atoms with E-state index in [1.807, 2.05) is 24.3 Å². The smallest absolute Gasteiger partial charge is 0.230 e. The van der Waals surface area contributed by atoms with Crippen molar-refractivity contribution < 1.29 is 19.1 Å². The zero-order valence-corrected chi connectivity index (χ0v) is 18.2. The van der Waals surface area contributed by atoms with Gasteiger partial charge in [0.25, 0.3) is 0 Å². The lowest BCUT2D eigenvalue weighted by Gasteiger charge is -2.32. The molecule has 4 nitrogen and oxygen atoms in total. The van der Waals surface area contributed by atoms with Gasteiger partial charge in [-0.15, -0.1) is 0 Å². The largest absolute Gasteiger partial charge is 0.393 e. The van der Waals surface area contributed by atoms with Crippen molar-refractivity contribution in [2.24, 2.45) is 5.92 Å². The van der Waals surface area contributed by atoms with Crippen molar-refractivity contribution >= 4 is 29.0 Å². The van der Waals surface area contributed by atoms with Crippen LogP contribution in [0.15, 0.2) is 42.5 Å². The molecule has 6 heteroatoms. The van der Waals surface area contributed by atoms with Crippen LogP contribution >= 0.6 is 11.6 Å². The van der Waals surface area contributed by atoms with E-state index in [-0.39, 0.29) is 36.6 Å². The van der Waals surface area contributed by atoms with E-state index in [1.165, 1.54) is 17.7 Å². The van der Waals surface area contributed by atoms with Gasteiger partial charge in [-0.05, 0) is 73.4 Å². The Labute approximate surface area is 187 Å². The van der Waals surface area contributed by atoms with E-state index in [2.05, 4.69) is 0 Å². The number of aliphatic hydroxyl groups excluding tert-OH is 1. The zero-order chi connectivity index (χ0) is 22.0. The molecule has 0 radical (unpaired) electrons. The Morgan fingerprint density at radius 1 is 1.13 bits per heavy atom. The Morgan fingerprint density at radius 3 is 2.58 bits per heavy atom. The molecule has 4 rings (SSSR count). The van der Waals surface area contributed by atoms with Crippen molar-refractivity contribution in [3.05, 3.63) is 64.4 Å². The molecule has 2 aromatic carbocycles. The minimum Gasteiger partial charge on any atom is -0.393 e. The number of Topliss-reactive ketones (excluding diaryl/α,β-unsaturated/α-hetero) is 1. The molecular weight excluding hydrogens is 417 g/mol. The Balaban J connectivity index is 1.39. The molecule has 2 unspecified atom stereocenters. The van der Waals surface area contributed by atoms with Crippen LogP contribution in [0.2, 0.25) is 5.02 Å². The second-order valence-corrected chi connectivity index (χ2v) is 9.18. The molecule has 1 amide bonds. The third-order valence-electron chi connectivity index (χ3n) is 6.51. The number of carbonyl (C=O) groups is 2. The highest BCUT2D eigenvalue weighted by Crippen LogP contribution is 2.35. The Morgan fingerprint density at radius 2 is 1.90 bits per heavy atom. The molecule has 2 aromatic rings. The van der Waals surface area contributed by atoms with Gasteiger partial charge in [-0.1, -0.05) is 29.8 Å². The van der Waals surface area contributed by atoms with Crippen LogP contribution < -0.4 is 4.90 Å². The van der Waals surface area contributed by atoms with Gasteiger partial charge < -0.3 is 10.0 Å². The molecule has 0 bridgehead atoms. The van der Waals surface area contributed by atoms with Crippen LogP contribution in [0.5, 0.6) is 0 Å². The number of nitrogens with zero attached hydrogens (tertiary/aromatic N) is 1. The fourth-order valence-corrected chi connectivity index (χ4v) is 4.97. The molecule has 0 aromatic heterocycles. The fourth-order valence-electron chi connectivity index (χ4n) is 4.81. The number of hydrogen-bond donors (Lipinski definition) is 1. The van der Waals surface area contributed by atoms with Crippen molar-refractivity contribution in [1.82, 2.24) is 0 Å². The average Bonchev–Trinajstić information content (AvgIpc) is 3.18. The first-order valence-electron chi connectivity index (χ1n) is 11.0. The molecular formula is C25H27ClFNO3. The molecule has 164 valence electrons. The highest BCUT2D eigenvalue weighted by Gasteiger charge is 2.31. The number of hydrogen-bond acceptors (Lipinski definition) is 3. The highest BCUT2D eigenvalue weighted by atomic mass is 35.5. The number of halogens is 2. The monoisotopic (exact) mass is 443 g/mol. The minimum absolute atomic E-state index is 0.0330. The predicted octanol–water partition coefficient (Wildman–Crippen LogP) is 5.05. The van der Waals surface area contributed by atoms with E-state index in [1.54, 1.807) is 11.0 Å². The minimum atomic E-state index is -0.493. The van der Waals surface area contributed by atoms with Gasteiger partial charge in [0.2, 0.25) is 5.91 Å². The predicted molar refractivity (Wildman–Crippen MR) is 119 cm³/mol. The number of amides is 1. The van der Waals surface area contributed by atoms with Crippen LogP contribution in [0.4, 0.5) is 10.1 Å². The van der Waals surface area contributed by atoms with Crippen LogP contribution in [-0.2, 0) is 16.0 Å². The molecule has 0 spiro atoms. The number of aliphatic hydroxyl groups is 1. The SMILES string of the molecule is O=C(Cc1ccc(Cl)cc1F)C[C@@H]1CCCN(c2ccc(C3CCC(O)C3)cc2)C1=O. The summed E-state index contributed by atoms with van der Waals surface area (Å²) in [6.07, 6.45) is 3.99.